The molecule has 0 heterocycles. The molecule has 1 unspecified atom stereocenters. The fourth-order valence-electron chi connectivity index (χ4n) is 2.91. The van der Waals surface area contributed by atoms with Gasteiger partial charge in [-0.3, -0.25) is 0 Å². The van der Waals surface area contributed by atoms with Crippen molar-refractivity contribution in [3.05, 3.63) is 0 Å². The molecule has 1 aliphatic rings. The van der Waals surface area contributed by atoms with Crippen molar-refractivity contribution in [3.8, 4) is 0 Å². The van der Waals surface area contributed by atoms with Gasteiger partial charge in [0.05, 0.1) is 0 Å². The summed E-state index contributed by atoms with van der Waals surface area (Å²) in [6.07, 6.45) is 8.42. The summed E-state index contributed by atoms with van der Waals surface area (Å²) in [5, 5.41) is 3.33. The number of hydrogen-bond donors (Lipinski definition) is 1. The summed E-state index contributed by atoms with van der Waals surface area (Å²) in [7, 11) is 2.06. The summed E-state index contributed by atoms with van der Waals surface area (Å²) in [6.45, 7) is 9.56. The van der Waals surface area contributed by atoms with Crippen LogP contribution in [0.2, 0.25) is 0 Å². The SMILES string of the molecule is CNC(C)CCCN(CC(C)C)C1CCCC1. The van der Waals surface area contributed by atoms with Crippen molar-refractivity contribution < 1.29 is 0 Å². The van der Waals surface area contributed by atoms with E-state index in [-0.39, 0.29) is 0 Å². The predicted octanol–water partition coefficient (Wildman–Crippen LogP) is 3.28. The average molecular weight is 240 g/mol. The van der Waals surface area contributed by atoms with Gasteiger partial charge in [-0.1, -0.05) is 26.7 Å². The lowest BCUT2D eigenvalue weighted by Crippen LogP contribution is -2.37. The Labute approximate surface area is 108 Å². The summed E-state index contributed by atoms with van der Waals surface area (Å²) in [5.41, 5.74) is 0. The normalized spacial score (nSPS) is 19.4. The minimum atomic E-state index is 0.666. The second-order valence-corrected chi connectivity index (χ2v) is 6.16. The molecule has 0 radical (unpaired) electrons. The van der Waals surface area contributed by atoms with E-state index in [1.807, 2.05) is 0 Å². The number of rotatable bonds is 8. The zero-order valence-corrected chi connectivity index (χ0v) is 12.3. The predicted molar refractivity (Wildman–Crippen MR) is 76.4 cm³/mol. The van der Waals surface area contributed by atoms with Crippen LogP contribution in [0.15, 0.2) is 0 Å². The third kappa shape index (κ3) is 5.87. The third-order valence-corrected chi connectivity index (χ3v) is 4.02. The Hall–Kier alpha value is -0.0800. The van der Waals surface area contributed by atoms with Gasteiger partial charge in [0.1, 0.15) is 0 Å². The molecule has 1 rings (SSSR count). The molecule has 1 saturated carbocycles. The van der Waals surface area contributed by atoms with Gasteiger partial charge in [-0.05, 0) is 52.1 Å². The fraction of sp³-hybridized carbons (Fsp3) is 1.00. The standard InChI is InChI=1S/C15H32N2/c1-13(2)12-17(15-9-5-6-10-15)11-7-8-14(3)16-4/h13-16H,5-12H2,1-4H3. The van der Waals surface area contributed by atoms with Crippen LogP contribution >= 0.6 is 0 Å². The van der Waals surface area contributed by atoms with E-state index >= 15 is 0 Å². The fourth-order valence-corrected chi connectivity index (χ4v) is 2.91. The molecule has 0 aromatic heterocycles. The van der Waals surface area contributed by atoms with Crippen LogP contribution in [0.5, 0.6) is 0 Å². The largest absolute Gasteiger partial charge is 0.317 e. The van der Waals surface area contributed by atoms with Crippen LogP contribution in [0.3, 0.4) is 0 Å². The second-order valence-electron chi connectivity index (χ2n) is 6.16. The Morgan fingerprint density at radius 3 is 2.35 bits per heavy atom. The van der Waals surface area contributed by atoms with Gasteiger partial charge in [-0.2, -0.15) is 0 Å². The highest BCUT2D eigenvalue weighted by Gasteiger charge is 2.22. The van der Waals surface area contributed by atoms with Gasteiger partial charge in [0.2, 0.25) is 0 Å². The number of hydrogen-bond acceptors (Lipinski definition) is 2. The molecule has 1 N–H and O–H groups in total. The molecule has 0 saturated heterocycles. The van der Waals surface area contributed by atoms with Crippen molar-refractivity contribution in [2.45, 2.75) is 71.4 Å². The van der Waals surface area contributed by atoms with E-state index in [1.54, 1.807) is 0 Å². The topological polar surface area (TPSA) is 15.3 Å². The van der Waals surface area contributed by atoms with Crippen LogP contribution in [-0.2, 0) is 0 Å². The molecular weight excluding hydrogens is 208 g/mol. The minimum absolute atomic E-state index is 0.666. The van der Waals surface area contributed by atoms with Crippen LogP contribution in [0.25, 0.3) is 0 Å². The molecule has 2 heteroatoms. The van der Waals surface area contributed by atoms with Crippen LogP contribution in [0, 0.1) is 5.92 Å². The molecule has 0 aromatic carbocycles. The first-order valence-electron chi connectivity index (χ1n) is 7.54. The van der Waals surface area contributed by atoms with Crippen molar-refractivity contribution in [1.82, 2.24) is 10.2 Å². The van der Waals surface area contributed by atoms with Gasteiger partial charge in [0, 0.05) is 18.6 Å². The maximum absolute atomic E-state index is 3.33. The van der Waals surface area contributed by atoms with E-state index in [2.05, 4.69) is 38.0 Å². The highest BCUT2D eigenvalue weighted by atomic mass is 15.2. The van der Waals surface area contributed by atoms with Gasteiger partial charge < -0.3 is 10.2 Å². The molecule has 0 aromatic rings. The highest BCUT2D eigenvalue weighted by molar-refractivity contribution is 4.78. The maximum atomic E-state index is 3.33. The first kappa shape index (κ1) is 15.0. The maximum Gasteiger partial charge on any atom is 0.00953 e. The minimum Gasteiger partial charge on any atom is -0.317 e. The molecule has 2 nitrogen and oxygen atoms in total. The lowest BCUT2D eigenvalue weighted by Gasteiger charge is -2.30. The molecule has 0 aliphatic heterocycles. The van der Waals surface area contributed by atoms with Gasteiger partial charge in [0.15, 0.2) is 0 Å². The molecule has 1 aliphatic carbocycles. The highest BCUT2D eigenvalue weighted by Crippen LogP contribution is 2.24. The first-order valence-corrected chi connectivity index (χ1v) is 7.54. The summed E-state index contributed by atoms with van der Waals surface area (Å²) < 4.78 is 0. The van der Waals surface area contributed by atoms with Crippen molar-refractivity contribution in [1.29, 1.82) is 0 Å². The van der Waals surface area contributed by atoms with E-state index in [4.69, 9.17) is 0 Å². The van der Waals surface area contributed by atoms with Crippen LogP contribution in [-0.4, -0.2) is 37.1 Å². The lowest BCUT2D eigenvalue weighted by atomic mass is 10.1. The van der Waals surface area contributed by atoms with Gasteiger partial charge >= 0.3 is 0 Å². The van der Waals surface area contributed by atoms with Gasteiger partial charge in [-0.15, -0.1) is 0 Å². The molecule has 1 atom stereocenters. The summed E-state index contributed by atoms with van der Waals surface area (Å²) in [5.74, 6) is 0.803. The molecule has 102 valence electrons. The van der Waals surface area contributed by atoms with Crippen molar-refractivity contribution >= 4 is 0 Å². The Kier molecular flexibility index (Phi) is 7.14. The smallest absolute Gasteiger partial charge is 0.00953 e. The molecule has 0 bridgehead atoms. The Bertz CT molecular complexity index is 185. The molecule has 0 amide bonds. The number of nitrogens with zero attached hydrogens (tertiary/aromatic N) is 1. The third-order valence-electron chi connectivity index (χ3n) is 4.02. The Morgan fingerprint density at radius 1 is 1.18 bits per heavy atom. The first-order chi connectivity index (χ1) is 8.13. The summed E-state index contributed by atoms with van der Waals surface area (Å²) in [4.78, 5) is 2.76. The van der Waals surface area contributed by atoms with E-state index in [9.17, 15) is 0 Å². The quantitative estimate of drug-likeness (QED) is 0.700. The van der Waals surface area contributed by atoms with Crippen molar-refractivity contribution in [2.75, 3.05) is 20.1 Å². The zero-order chi connectivity index (χ0) is 12.7. The summed E-state index contributed by atoms with van der Waals surface area (Å²) >= 11 is 0. The zero-order valence-electron chi connectivity index (χ0n) is 12.3. The summed E-state index contributed by atoms with van der Waals surface area (Å²) in [6, 6.07) is 1.56. The van der Waals surface area contributed by atoms with E-state index in [0.717, 1.165) is 12.0 Å². The van der Waals surface area contributed by atoms with Crippen molar-refractivity contribution in [2.24, 2.45) is 5.92 Å². The molecular formula is C15H32N2. The van der Waals surface area contributed by atoms with Crippen LogP contribution < -0.4 is 5.32 Å². The van der Waals surface area contributed by atoms with E-state index in [1.165, 1.54) is 51.6 Å². The van der Waals surface area contributed by atoms with Gasteiger partial charge in [-0.25, -0.2) is 0 Å². The van der Waals surface area contributed by atoms with Crippen LogP contribution in [0.1, 0.15) is 59.3 Å². The van der Waals surface area contributed by atoms with E-state index in [0.29, 0.717) is 6.04 Å². The number of nitrogens with one attached hydrogen (secondary N) is 1. The Morgan fingerprint density at radius 2 is 1.82 bits per heavy atom. The lowest BCUT2D eigenvalue weighted by molar-refractivity contribution is 0.172. The van der Waals surface area contributed by atoms with Gasteiger partial charge in [0.25, 0.3) is 0 Å². The Balaban J connectivity index is 2.29. The molecule has 1 fully saturated rings. The van der Waals surface area contributed by atoms with E-state index < -0.39 is 0 Å². The molecule has 0 spiro atoms. The van der Waals surface area contributed by atoms with Crippen molar-refractivity contribution in [3.63, 3.8) is 0 Å². The molecule has 17 heavy (non-hydrogen) atoms. The van der Waals surface area contributed by atoms with Crippen LogP contribution in [0.4, 0.5) is 0 Å². The average Bonchev–Trinajstić information content (AvgIpc) is 2.80. The second kappa shape index (κ2) is 8.10. The monoisotopic (exact) mass is 240 g/mol.